The van der Waals surface area contributed by atoms with Crippen molar-refractivity contribution in [3.8, 4) is 0 Å². The molecule has 0 aromatic rings. The van der Waals surface area contributed by atoms with Crippen LogP contribution < -0.4 is 0 Å². The van der Waals surface area contributed by atoms with E-state index in [1.165, 1.54) is 13.2 Å². The van der Waals surface area contributed by atoms with Crippen LogP contribution in [-0.2, 0) is 9.53 Å². The molecule has 2 unspecified atom stereocenters. The smallest absolute Gasteiger partial charge is 0.315 e. The third kappa shape index (κ3) is 2.16. The molecule has 0 aromatic heterocycles. The van der Waals surface area contributed by atoms with Crippen molar-refractivity contribution in [2.24, 2.45) is 5.41 Å². The van der Waals surface area contributed by atoms with Crippen molar-refractivity contribution in [3.05, 3.63) is 24.8 Å². The van der Waals surface area contributed by atoms with Crippen LogP contribution in [-0.4, -0.2) is 23.8 Å². The summed E-state index contributed by atoms with van der Waals surface area (Å²) in [6.07, 6.45) is 4.78. The van der Waals surface area contributed by atoms with Crippen molar-refractivity contribution in [2.75, 3.05) is 7.11 Å². The van der Waals surface area contributed by atoms with E-state index in [1.54, 1.807) is 0 Å². The quantitative estimate of drug-likeness (QED) is 0.605. The highest BCUT2D eigenvalue weighted by Gasteiger charge is 2.54. The number of esters is 1. The normalized spacial score (nSPS) is 28.3. The van der Waals surface area contributed by atoms with Gasteiger partial charge in [0.25, 0.3) is 0 Å². The predicted molar refractivity (Wildman–Crippen MR) is 67.5 cm³/mol. The van der Waals surface area contributed by atoms with E-state index in [4.69, 9.17) is 4.74 Å². The zero-order valence-corrected chi connectivity index (χ0v) is 10.8. The minimum absolute atomic E-state index is 0.359. The van der Waals surface area contributed by atoms with Gasteiger partial charge in [0.2, 0.25) is 0 Å². The van der Waals surface area contributed by atoms with Gasteiger partial charge in [-0.1, -0.05) is 25.2 Å². The number of rotatable bonds is 4. The first-order chi connectivity index (χ1) is 7.95. The molecule has 1 rings (SSSR count). The third-order valence-corrected chi connectivity index (χ3v) is 3.97. The molecular formula is C14H22O3. The van der Waals surface area contributed by atoms with Crippen LogP contribution in [0, 0.1) is 5.41 Å². The molecule has 17 heavy (non-hydrogen) atoms. The molecule has 2 atom stereocenters. The van der Waals surface area contributed by atoms with Crippen LogP contribution >= 0.6 is 0 Å². The van der Waals surface area contributed by atoms with Gasteiger partial charge < -0.3 is 9.84 Å². The molecule has 1 saturated carbocycles. The predicted octanol–water partition coefficient (Wildman–Crippen LogP) is 2.60. The maximum Gasteiger partial charge on any atom is 0.315 e. The molecule has 3 nitrogen and oxygen atoms in total. The lowest BCUT2D eigenvalue weighted by Crippen LogP contribution is -2.53. The van der Waals surface area contributed by atoms with Gasteiger partial charge in [0.15, 0.2) is 0 Å². The average molecular weight is 238 g/mol. The number of methoxy groups -OCH3 is 1. The fraction of sp³-hybridized carbons (Fsp3) is 0.643. The Morgan fingerprint density at radius 2 is 2.35 bits per heavy atom. The highest BCUT2D eigenvalue weighted by Crippen LogP contribution is 2.49. The highest BCUT2D eigenvalue weighted by molar-refractivity contribution is 5.79. The summed E-state index contributed by atoms with van der Waals surface area (Å²) >= 11 is 0. The van der Waals surface area contributed by atoms with Crippen molar-refractivity contribution >= 4 is 5.97 Å². The molecule has 1 aliphatic rings. The van der Waals surface area contributed by atoms with Crippen LogP contribution in [0.2, 0.25) is 0 Å². The minimum atomic E-state index is -1.22. The Kier molecular flexibility index (Phi) is 4.15. The van der Waals surface area contributed by atoms with Crippen molar-refractivity contribution in [1.82, 2.24) is 0 Å². The second kappa shape index (κ2) is 5.05. The van der Waals surface area contributed by atoms with Crippen LogP contribution in [0.15, 0.2) is 24.8 Å². The lowest BCUT2D eigenvalue weighted by Gasteiger charge is -2.45. The Morgan fingerprint density at radius 3 is 2.76 bits per heavy atom. The Balaban J connectivity index is 3.22. The zero-order chi connectivity index (χ0) is 13.1. The summed E-state index contributed by atoms with van der Waals surface area (Å²) in [6.45, 7) is 9.48. The van der Waals surface area contributed by atoms with Gasteiger partial charge >= 0.3 is 5.97 Å². The van der Waals surface area contributed by atoms with Gasteiger partial charge in [-0.05, 0) is 32.1 Å². The van der Waals surface area contributed by atoms with Crippen LogP contribution in [0.3, 0.4) is 0 Å². The number of carbonyl (C=O) groups is 1. The van der Waals surface area contributed by atoms with E-state index >= 15 is 0 Å². The van der Waals surface area contributed by atoms with Gasteiger partial charge in [-0.3, -0.25) is 4.79 Å². The van der Waals surface area contributed by atoms with Crippen LogP contribution in [0.5, 0.6) is 0 Å². The molecule has 0 spiro atoms. The van der Waals surface area contributed by atoms with Crippen molar-refractivity contribution in [3.63, 3.8) is 0 Å². The molecule has 1 N–H and O–H groups in total. The fourth-order valence-electron chi connectivity index (χ4n) is 2.84. The number of hydrogen-bond acceptors (Lipinski definition) is 3. The topological polar surface area (TPSA) is 46.5 Å². The molecule has 0 saturated heterocycles. The Bertz CT molecular complexity index is 334. The van der Waals surface area contributed by atoms with Gasteiger partial charge in [-0.15, -0.1) is 6.58 Å². The van der Waals surface area contributed by atoms with E-state index in [2.05, 4.69) is 13.2 Å². The highest BCUT2D eigenvalue weighted by atomic mass is 16.5. The van der Waals surface area contributed by atoms with E-state index in [0.717, 1.165) is 18.4 Å². The molecule has 0 amide bonds. The molecule has 3 heteroatoms. The maximum atomic E-state index is 12.1. The summed E-state index contributed by atoms with van der Waals surface area (Å²) in [7, 11) is 1.36. The zero-order valence-electron chi connectivity index (χ0n) is 10.8. The second-order valence-electron chi connectivity index (χ2n) is 4.84. The molecule has 0 aromatic carbocycles. The standard InChI is InChI=1S/C14H22O3/c1-5-14(16,6-2)13(12(15)17-4)9-7-8-11(3)10-13/h5,16H,1,3,6-10H2,2,4H3. The first kappa shape index (κ1) is 14.0. The van der Waals surface area contributed by atoms with E-state index < -0.39 is 11.0 Å². The van der Waals surface area contributed by atoms with E-state index in [0.29, 0.717) is 19.3 Å². The molecule has 0 aliphatic heterocycles. The summed E-state index contributed by atoms with van der Waals surface area (Å²) in [5, 5.41) is 10.7. The third-order valence-electron chi connectivity index (χ3n) is 3.97. The fourth-order valence-corrected chi connectivity index (χ4v) is 2.84. The Hall–Kier alpha value is -1.09. The SMILES string of the molecule is C=CC(O)(CC)C1(C(=O)OC)CCCC(=C)C1. The first-order valence-corrected chi connectivity index (χ1v) is 6.07. The Morgan fingerprint density at radius 1 is 1.71 bits per heavy atom. The van der Waals surface area contributed by atoms with E-state index in [-0.39, 0.29) is 5.97 Å². The summed E-state index contributed by atoms with van der Waals surface area (Å²) in [4.78, 5) is 12.1. The van der Waals surface area contributed by atoms with Crippen LogP contribution in [0.1, 0.15) is 39.0 Å². The lowest BCUT2D eigenvalue weighted by molar-refractivity contribution is -0.170. The number of hydrogen-bond donors (Lipinski definition) is 1. The van der Waals surface area contributed by atoms with Crippen LogP contribution in [0.4, 0.5) is 0 Å². The lowest BCUT2D eigenvalue weighted by atomic mass is 9.61. The average Bonchev–Trinajstić information content (AvgIpc) is 2.36. The number of carbonyl (C=O) groups excluding carboxylic acids is 1. The molecule has 96 valence electrons. The molecule has 0 radical (unpaired) electrons. The summed E-state index contributed by atoms with van der Waals surface area (Å²) in [5.41, 5.74) is -1.13. The first-order valence-electron chi connectivity index (χ1n) is 6.07. The Labute approximate surface area is 103 Å². The van der Waals surface area contributed by atoms with E-state index in [9.17, 15) is 9.90 Å². The monoisotopic (exact) mass is 238 g/mol. The van der Waals surface area contributed by atoms with Gasteiger partial charge in [-0.2, -0.15) is 0 Å². The molecule has 1 fully saturated rings. The van der Waals surface area contributed by atoms with Gasteiger partial charge in [0, 0.05) is 0 Å². The minimum Gasteiger partial charge on any atom is -0.468 e. The number of ether oxygens (including phenoxy) is 1. The second-order valence-corrected chi connectivity index (χ2v) is 4.84. The van der Waals surface area contributed by atoms with Gasteiger partial charge in [-0.25, -0.2) is 0 Å². The van der Waals surface area contributed by atoms with Crippen molar-refractivity contribution < 1.29 is 14.6 Å². The van der Waals surface area contributed by atoms with Gasteiger partial charge in [0.05, 0.1) is 12.7 Å². The number of aliphatic hydroxyl groups is 1. The van der Waals surface area contributed by atoms with Gasteiger partial charge in [0.1, 0.15) is 5.41 Å². The maximum absolute atomic E-state index is 12.1. The summed E-state index contributed by atoms with van der Waals surface area (Å²) < 4.78 is 4.90. The summed E-state index contributed by atoms with van der Waals surface area (Å²) in [5.74, 6) is -0.359. The molecule has 0 heterocycles. The largest absolute Gasteiger partial charge is 0.468 e. The van der Waals surface area contributed by atoms with Crippen molar-refractivity contribution in [2.45, 2.75) is 44.6 Å². The van der Waals surface area contributed by atoms with E-state index in [1.807, 2.05) is 6.92 Å². The molecule has 1 aliphatic carbocycles. The summed E-state index contributed by atoms with van der Waals surface area (Å²) in [6, 6.07) is 0. The molecular weight excluding hydrogens is 216 g/mol. The molecule has 0 bridgehead atoms. The van der Waals surface area contributed by atoms with Crippen LogP contribution in [0.25, 0.3) is 0 Å². The number of allylic oxidation sites excluding steroid dienone is 1. The van der Waals surface area contributed by atoms with Crippen molar-refractivity contribution in [1.29, 1.82) is 0 Å².